The molecule has 3 heteroatoms. The first-order chi connectivity index (χ1) is 9.60. The highest BCUT2D eigenvalue weighted by Crippen LogP contribution is 2.41. The zero-order valence-electron chi connectivity index (χ0n) is 14.3. The van der Waals surface area contributed by atoms with Crippen molar-refractivity contribution in [2.45, 2.75) is 58.0 Å². The summed E-state index contributed by atoms with van der Waals surface area (Å²) in [6.45, 7) is 16.8. The van der Waals surface area contributed by atoms with E-state index in [0.29, 0.717) is 0 Å². The van der Waals surface area contributed by atoms with Gasteiger partial charge in [-0.2, -0.15) is 0 Å². The molecule has 118 valence electrons. The van der Waals surface area contributed by atoms with Gasteiger partial charge in [0.25, 0.3) is 0 Å². The third-order valence-electron chi connectivity index (χ3n) is 4.58. The fraction of sp³-hybridized carbons (Fsp3) is 0.556. The average Bonchev–Trinajstić information content (AvgIpc) is 2.43. The molecule has 0 bridgehead atoms. The van der Waals surface area contributed by atoms with Gasteiger partial charge >= 0.3 is 0 Å². The van der Waals surface area contributed by atoms with Crippen LogP contribution in [0.3, 0.4) is 0 Å². The van der Waals surface area contributed by atoms with Crippen LogP contribution in [0.25, 0.3) is 0 Å². The van der Waals surface area contributed by atoms with E-state index in [1.54, 1.807) is 6.08 Å². The summed E-state index contributed by atoms with van der Waals surface area (Å²) in [5.74, 6) is -0.0139. The van der Waals surface area contributed by atoms with E-state index in [-0.39, 0.29) is 17.1 Å². The smallest absolute Gasteiger partial charge is 0.193 e. The van der Waals surface area contributed by atoms with Gasteiger partial charge in [0.2, 0.25) is 0 Å². The molecule has 0 aliphatic carbocycles. The molecule has 0 saturated heterocycles. The van der Waals surface area contributed by atoms with Crippen LogP contribution in [0.5, 0.6) is 0 Å². The number of hydrogen-bond donors (Lipinski definition) is 1. The van der Waals surface area contributed by atoms with Crippen LogP contribution >= 0.6 is 0 Å². The van der Waals surface area contributed by atoms with Crippen LogP contribution < -0.4 is 0 Å². The Morgan fingerprint density at radius 2 is 1.71 bits per heavy atom. The van der Waals surface area contributed by atoms with Gasteiger partial charge in [-0.15, -0.1) is 6.58 Å². The SMILES string of the molecule is C=C[C@H](C)[C@H](O)[C@@H](O[Si](C)(C)C(C)(C)C)c1ccccc1. The maximum atomic E-state index is 10.7. The average molecular weight is 307 g/mol. The van der Waals surface area contributed by atoms with Gasteiger partial charge in [0.05, 0.1) is 12.2 Å². The van der Waals surface area contributed by atoms with Crippen LogP contribution in [0.2, 0.25) is 18.1 Å². The van der Waals surface area contributed by atoms with E-state index in [2.05, 4.69) is 40.4 Å². The minimum atomic E-state index is -1.97. The highest BCUT2D eigenvalue weighted by molar-refractivity contribution is 6.74. The fourth-order valence-corrected chi connectivity index (χ4v) is 3.15. The first-order valence-corrected chi connectivity index (χ1v) is 10.5. The van der Waals surface area contributed by atoms with Gasteiger partial charge in [-0.1, -0.05) is 64.1 Å². The lowest BCUT2D eigenvalue weighted by atomic mass is 9.95. The summed E-state index contributed by atoms with van der Waals surface area (Å²) in [4.78, 5) is 0. The largest absolute Gasteiger partial charge is 0.407 e. The van der Waals surface area contributed by atoms with E-state index in [0.717, 1.165) is 5.56 Å². The van der Waals surface area contributed by atoms with Crippen molar-refractivity contribution in [2.75, 3.05) is 0 Å². The second-order valence-electron chi connectivity index (χ2n) is 7.29. The second kappa shape index (κ2) is 6.90. The van der Waals surface area contributed by atoms with Crippen molar-refractivity contribution >= 4 is 8.32 Å². The molecule has 0 spiro atoms. The van der Waals surface area contributed by atoms with Crippen LogP contribution in [-0.2, 0) is 4.43 Å². The molecule has 21 heavy (non-hydrogen) atoms. The Bertz CT molecular complexity index is 448. The zero-order chi connectivity index (χ0) is 16.3. The Morgan fingerprint density at radius 3 is 2.14 bits per heavy atom. The summed E-state index contributed by atoms with van der Waals surface area (Å²) in [6, 6.07) is 10.0. The van der Waals surface area contributed by atoms with E-state index in [4.69, 9.17) is 4.43 Å². The van der Waals surface area contributed by atoms with E-state index >= 15 is 0 Å². The molecule has 1 aromatic rings. The van der Waals surface area contributed by atoms with Gasteiger partial charge in [-0.3, -0.25) is 0 Å². The summed E-state index contributed by atoms with van der Waals surface area (Å²) in [7, 11) is -1.97. The first-order valence-electron chi connectivity index (χ1n) is 7.63. The standard InChI is InChI=1S/C18H30O2Si/c1-8-14(2)16(19)17(15-12-10-9-11-13-15)20-21(6,7)18(3,4)5/h8-14,16-17,19H,1H2,2-7H3/t14-,16-,17-/m0/s1. The maximum Gasteiger partial charge on any atom is 0.193 e. The summed E-state index contributed by atoms with van der Waals surface area (Å²) in [5, 5.41) is 10.8. The Hall–Kier alpha value is -0.903. The molecule has 0 aromatic heterocycles. The minimum Gasteiger partial charge on any atom is -0.407 e. The molecular weight excluding hydrogens is 276 g/mol. The molecule has 0 unspecified atom stereocenters. The molecule has 0 radical (unpaired) electrons. The molecule has 1 aromatic carbocycles. The molecule has 0 aliphatic rings. The number of hydrogen-bond acceptors (Lipinski definition) is 2. The van der Waals surface area contributed by atoms with Gasteiger partial charge in [-0.25, -0.2) is 0 Å². The first kappa shape index (κ1) is 18.1. The van der Waals surface area contributed by atoms with E-state index < -0.39 is 14.4 Å². The zero-order valence-corrected chi connectivity index (χ0v) is 15.3. The Balaban J connectivity index is 3.12. The maximum absolute atomic E-state index is 10.7. The van der Waals surface area contributed by atoms with Crippen LogP contribution in [0, 0.1) is 5.92 Å². The number of aliphatic hydroxyl groups is 1. The third-order valence-corrected chi connectivity index (χ3v) is 9.03. The second-order valence-corrected chi connectivity index (χ2v) is 12.1. The molecule has 0 saturated carbocycles. The Morgan fingerprint density at radius 1 is 1.19 bits per heavy atom. The van der Waals surface area contributed by atoms with Gasteiger partial charge in [0, 0.05) is 5.92 Å². The molecular formula is C18H30O2Si. The van der Waals surface area contributed by atoms with Gasteiger partial charge < -0.3 is 9.53 Å². The Labute approximate surface area is 131 Å². The lowest BCUT2D eigenvalue weighted by Gasteiger charge is -2.41. The van der Waals surface area contributed by atoms with Crippen molar-refractivity contribution in [2.24, 2.45) is 5.92 Å². The summed E-state index contributed by atoms with van der Waals surface area (Å²) in [6.07, 6.45) is 0.898. The number of rotatable bonds is 6. The summed E-state index contributed by atoms with van der Waals surface area (Å²) < 4.78 is 6.51. The monoisotopic (exact) mass is 306 g/mol. The molecule has 0 amide bonds. The van der Waals surface area contributed by atoms with Crippen molar-refractivity contribution in [3.05, 3.63) is 48.6 Å². The molecule has 1 N–H and O–H groups in total. The quantitative estimate of drug-likeness (QED) is 0.596. The highest BCUT2D eigenvalue weighted by atomic mass is 28.4. The van der Waals surface area contributed by atoms with Crippen molar-refractivity contribution in [1.29, 1.82) is 0 Å². The van der Waals surface area contributed by atoms with Crippen molar-refractivity contribution in [1.82, 2.24) is 0 Å². The van der Waals surface area contributed by atoms with Gasteiger partial charge in [-0.05, 0) is 23.7 Å². The van der Waals surface area contributed by atoms with Crippen LogP contribution in [-0.4, -0.2) is 19.5 Å². The summed E-state index contributed by atoms with van der Waals surface area (Å²) in [5.41, 5.74) is 1.03. The molecule has 1 rings (SSSR count). The molecule has 2 nitrogen and oxygen atoms in total. The normalized spacial score (nSPS) is 17.1. The number of benzene rings is 1. The molecule has 0 aliphatic heterocycles. The van der Waals surface area contributed by atoms with Crippen LogP contribution in [0.4, 0.5) is 0 Å². The summed E-state index contributed by atoms with van der Waals surface area (Å²) >= 11 is 0. The van der Waals surface area contributed by atoms with Crippen molar-refractivity contribution in [3.63, 3.8) is 0 Å². The van der Waals surface area contributed by atoms with E-state index in [9.17, 15) is 5.11 Å². The van der Waals surface area contributed by atoms with E-state index in [1.807, 2.05) is 37.3 Å². The molecule has 0 fully saturated rings. The van der Waals surface area contributed by atoms with Crippen molar-refractivity contribution in [3.8, 4) is 0 Å². The lowest BCUT2D eigenvalue weighted by Crippen LogP contribution is -2.44. The van der Waals surface area contributed by atoms with Crippen LogP contribution in [0.15, 0.2) is 43.0 Å². The minimum absolute atomic E-state index is 0.0139. The van der Waals surface area contributed by atoms with E-state index in [1.165, 1.54) is 0 Å². The van der Waals surface area contributed by atoms with Gasteiger partial charge in [0.1, 0.15) is 0 Å². The molecule has 0 heterocycles. The van der Waals surface area contributed by atoms with Crippen molar-refractivity contribution < 1.29 is 9.53 Å². The predicted molar refractivity (Wildman–Crippen MR) is 92.8 cm³/mol. The molecule has 3 atom stereocenters. The number of aliphatic hydroxyl groups excluding tert-OH is 1. The topological polar surface area (TPSA) is 29.5 Å². The van der Waals surface area contributed by atoms with Crippen LogP contribution in [0.1, 0.15) is 39.4 Å². The van der Waals surface area contributed by atoms with Gasteiger partial charge in [0.15, 0.2) is 8.32 Å². The highest BCUT2D eigenvalue weighted by Gasteiger charge is 2.41. The fourth-order valence-electron chi connectivity index (χ4n) is 1.89. The predicted octanol–water partition coefficient (Wildman–Crippen LogP) is 4.93. The lowest BCUT2D eigenvalue weighted by molar-refractivity contribution is 0.00506. The Kier molecular flexibility index (Phi) is 5.97. The third kappa shape index (κ3) is 4.53.